The maximum Gasteiger partial charge on any atom is 0.263 e. The Balaban J connectivity index is 3.05. The largest absolute Gasteiger partial charge is 0.397 e. The van der Waals surface area contributed by atoms with Crippen LogP contribution in [0, 0.1) is 5.92 Å². The predicted octanol–water partition coefficient (Wildman–Crippen LogP) is 2.03. The molecule has 21 heavy (non-hydrogen) atoms. The number of rotatable bonds is 7. The molecule has 0 bridgehead atoms. The molecule has 0 fully saturated rings. The van der Waals surface area contributed by atoms with E-state index in [2.05, 4.69) is 24.5 Å². The van der Waals surface area contributed by atoms with E-state index in [0.29, 0.717) is 15.8 Å². The minimum Gasteiger partial charge on any atom is -0.397 e. The SMILES string of the molecule is CCC(C)CC(C)Nc1sc(C(=O)NC)c(N)c1C(N)=O. The fourth-order valence-corrected chi connectivity index (χ4v) is 3.31. The summed E-state index contributed by atoms with van der Waals surface area (Å²) in [5.41, 5.74) is 11.6. The normalized spacial score (nSPS) is 13.5. The molecule has 0 aromatic carbocycles. The summed E-state index contributed by atoms with van der Waals surface area (Å²) in [4.78, 5) is 23.7. The molecule has 1 aromatic rings. The van der Waals surface area contributed by atoms with Crippen LogP contribution < -0.4 is 22.1 Å². The van der Waals surface area contributed by atoms with Gasteiger partial charge in [0.15, 0.2) is 0 Å². The number of hydrogen-bond donors (Lipinski definition) is 4. The molecule has 0 aliphatic carbocycles. The highest BCUT2D eigenvalue weighted by molar-refractivity contribution is 7.19. The van der Waals surface area contributed by atoms with E-state index >= 15 is 0 Å². The number of primary amides is 1. The van der Waals surface area contributed by atoms with Crippen LogP contribution >= 0.6 is 11.3 Å². The zero-order chi connectivity index (χ0) is 16.2. The number of amides is 2. The van der Waals surface area contributed by atoms with Crippen molar-refractivity contribution in [2.75, 3.05) is 18.1 Å². The molecule has 1 aromatic heterocycles. The van der Waals surface area contributed by atoms with Crippen molar-refractivity contribution in [3.63, 3.8) is 0 Å². The molecule has 0 aliphatic rings. The fourth-order valence-electron chi connectivity index (χ4n) is 2.13. The molecule has 7 heteroatoms. The summed E-state index contributed by atoms with van der Waals surface area (Å²) in [6, 6.07) is 0.161. The molecule has 2 amide bonds. The van der Waals surface area contributed by atoms with Gasteiger partial charge in [0.05, 0.1) is 11.3 Å². The average molecular weight is 312 g/mol. The highest BCUT2D eigenvalue weighted by Crippen LogP contribution is 2.36. The van der Waals surface area contributed by atoms with Crippen molar-refractivity contribution in [1.82, 2.24) is 5.32 Å². The van der Waals surface area contributed by atoms with Gasteiger partial charge in [-0.1, -0.05) is 20.3 Å². The van der Waals surface area contributed by atoms with Crippen molar-refractivity contribution in [3.8, 4) is 0 Å². The fraction of sp³-hybridized carbons (Fsp3) is 0.571. The maximum atomic E-state index is 11.8. The lowest BCUT2D eigenvalue weighted by Gasteiger charge is -2.18. The third-order valence-corrected chi connectivity index (χ3v) is 4.59. The zero-order valence-corrected chi connectivity index (χ0v) is 13.8. The minimum atomic E-state index is -0.628. The molecule has 6 N–H and O–H groups in total. The number of nitrogen functional groups attached to an aromatic ring is 1. The number of thiophene rings is 1. The van der Waals surface area contributed by atoms with Crippen LogP contribution in [0.5, 0.6) is 0 Å². The van der Waals surface area contributed by atoms with E-state index in [-0.39, 0.29) is 23.2 Å². The second kappa shape index (κ2) is 7.31. The molecular weight excluding hydrogens is 288 g/mol. The van der Waals surface area contributed by atoms with E-state index in [1.165, 1.54) is 7.05 Å². The smallest absolute Gasteiger partial charge is 0.263 e. The van der Waals surface area contributed by atoms with Gasteiger partial charge in [-0.3, -0.25) is 9.59 Å². The lowest BCUT2D eigenvalue weighted by atomic mass is 10.0. The Bertz CT molecular complexity index is 527. The number of nitrogens with one attached hydrogen (secondary N) is 2. The van der Waals surface area contributed by atoms with Crippen LogP contribution in [0.1, 0.15) is 53.6 Å². The Morgan fingerprint density at radius 3 is 2.43 bits per heavy atom. The maximum absolute atomic E-state index is 11.8. The highest BCUT2D eigenvalue weighted by atomic mass is 32.1. The lowest BCUT2D eigenvalue weighted by molar-refractivity contribution is 0.0967. The Hall–Kier alpha value is -1.76. The molecule has 0 saturated heterocycles. The molecule has 1 heterocycles. The van der Waals surface area contributed by atoms with E-state index in [9.17, 15) is 9.59 Å². The molecule has 2 unspecified atom stereocenters. The lowest BCUT2D eigenvalue weighted by Crippen LogP contribution is -2.21. The van der Waals surface area contributed by atoms with Gasteiger partial charge in [-0.25, -0.2) is 0 Å². The van der Waals surface area contributed by atoms with Crippen LogP contribution in [0.15, 0.2) is 0 Å². The van der Waals surface area contributed by atoms with Gasteiger partial charge in [0.1, 0.15) is 9.88 Å². The van der Waals surface area contributed by atoms with Crippen LogP contribution in [-0.4, -0.2) is 24.9 Å². The van der Waals surface area contributed by atoms with Crippen LogP contribution in [-0.2, 0) is 0 Å². The highest BCUT2D eigenvalue weighted by Gasteiger charge is 2.24. The Kier molecular flexibility index (Phi) is 6.02. The molecule has 0 spiro atoms. The summed E-state index contributed by atoms with van der Waals surface area (Å²) in [5.74, 6) is -0.375. The van der Waals surface area contributed by atoms with Crippen molar-refractivity contribution < 1.29 is 9.59 Å². The second-order valence-electron chi connectivity index (χ2n) is 5.29. The quantitative estimate of drug-likeness (QED) is 0.617. The first-order chi connectivity index (χ1) is 9.81. The van der Waals surface area contributed by atoms with E-state index in [4.69, 9.17) is 11.5 Å². The molecule has 1 rings (SSSR count). The van der Waals surface area contributed by atoms with E-state index < -0.39 is 5.91 Å². The van der Waals surface area contributed by atoms with Gasteiger partial charge < -0.3 is 22.1 Å². The number of carbonyl (C=O) groups excluding carboxylic acids is 2. The molecule has 118 valence electrons. The molecule has 0 radical (unpaired) electrons. The summed E-state index contributed by atoms with van der Waals surface area (Å²) in [6.07, 6.45) is 2.05. The molecule has 6 nitrogen and oxygen atoms in total. The standard InChI is InChI=1S/C14H24N4O2S/c1-5-7(2)6-8(3)18-14-9(12(16)19)10(15)11(21-14)13(20)17-4/h7-8,18H,5-6,15H2,1-4H3,(H2,16,19)(H,17,20). The van der Waals surface area contributed by atoms with Crippen LogP contribution in [0.2, 0.25) is 0 Å². The zero-order valence-electron chi connectivity index (χ0n) is 12.9. The van der Waals surface area contributed by atoms with Crippen molar-refractivity contribution >= 4 is 33.8 Å². The van der Waals surface area contributed by atoms with Gasteiger partial charge >= 0.3 is 0 Å². The minimum absolute atomic E-state index is 0.144. The van der Waals surface area contributed by atoms with Gasteiger partial charge in [-0.2, -0.15) is 0 Å². The van der Waals surface area contributed by atoms with Gasteiger partial charge in [-0.05, 0) is 19.3 Å². The number of carbonyl (C=O) groups is 2. The average Bonchev–Trinajstić information content (AvgIpc) is 2.74. The van der Waals surface area contributed by atoms with Gasteiger partial charge in [0.25, 0.3) is 11.8 Å². The summed E-state index contributed by atoms with van der Waals surface area (Å²) >= 11 is 1.16. The van der Waals surface area contributed by atoms with E-state index in [0.717, 1.165) is 24.2 Å². The first kappa shape index (κ1) is 17.3. The number of nitrogens with two attached hydrogens (primary N) is 2. The molecule has 0 aliphatic heterocycles. The number of anilines is 2. The first-order valence-corrected chi connectivity index (χ1v) is 7.84. The van der Waals surface area contributed by atoms with Crippen molar-refractivity contribution in [1.29, 1.82) is 0 Å². The van der Waals surface area contributed by atoms with Crippen LogP contribution in [0.3, 0.4) is 0 Å². The Labute approximate surface area is 129 Å². The van der Waals surface area contributed by atoms with E-state index in [1.807, 2.05) is 6.92 Å². The van der Waals surface area contributed by atoms with Crippen molar-refractivity contribution in [2.24, 2.45) is 11.7 Å². The topological polar surface area (TPSA) is 110 Å². The third kappa shape index (κ3) is 4.10. The van der Waals surface area contributed by atoms with Gasteiger partial charge in [0, 0.05) is 13.1 Å². The van der Waals surface area contributed by atoms with Gasteiger partial charge in [-0.15, -0.1) is 11.3 Å². The second-order valence-corrected chi connectivity index (χ2v) is 6.31. The number of hydrogen-bond acceptors (Lipinski definition) is 5. The summed E-state index contributed by atoms with van der Waals surface area (Å²) < 4.78 is 0. The molecule has 0 saturated carbocycles. The summed E-state index contributed by atoms with van der Waals surface area (Å²) in [5, 5.41) is 6.33. The summed E-state index contributed by atoms with van der Waals surface area (Å²) in [6.45, 7) is 6.34. The Morgan fingerprint density at radius 2 is 1.95 bits per heavy atom. The molecule has 2 atom stereocenters. The summed E-state index contributed by atoms with van der Waals surface area (Å²) in [7, 11) is 1.52. The van der Waals surface area contributed by atoms with Gasteiger partial charge in [0.2, 0.25) is 0 Å². The predicted molar refractivity (Wildman–Crippen MR) is 87.8 cm³/mol. The first-order valence-electron chi connectivity index (χ1n) is 7.02. The monoisotopic (exact) mass is 312 g/mol. The van der Waals surface area contributed by atoms with Crippen LogP contribution in [0.4, 0.5) is 10.7 Å². The van der Waals surface area contributed by atoms with Crippen LogP contribution in [0.25, 0.3) is 0 Å². The third-order valence-electron chi connectivity index (χ3n) is 3.46. The molecular formula is C14H24N4O2S. The van der Waals surface area contributed by atoms with Crippen molar-refractivity contribution in [2.45, 2.75) is 39.7 Å². The van der Waals surface area contributed by atoms with E-state index in [1.54, 1.807) is 0 Å². The Morgan fingerprint density at radius 1 is 1.33 bits per heavy atom. The van der Waals surface area contributed by atoms with Crippen molar-refractivity contribution in [3.05, 3.63) is 10.4 Å².